The fraction of sp³-hybridized carbons (Fsp3) is 0.846. The summed E-state index contributed by atoms with van der Waals surface area (Å²) in [5.74, 6) is 0.883. The lowest BCUT2D eigenvalue weighted by molar-refractivity contribution is 0.139. The van der Waals surface area contributed by atoms with Crippen LogP contribution in [0.1, 0.15) is 41.0 Å². The zero-order valence-electron chi connectivity index (χ0n) is 12.6. The molecule has 0 saturated heterocycles. The van der Waals surface area contributed by atoms with Crippen molar-refractivity contribution in [1.29, 1.82) is 0 Å². The molecular formula is C13H25O3PS2. The van der Waals surface area contributed by atoms with Gasteiger partial charge in [0.05, 0.1) is 12.2 Å². The molecule has 19 heavy (non-hydrogen) atoms. The molecule has 1 aliphatic heterocycles. The minimum atomic E-state index is -3.18. The first-order valence-electron chi connectivity index (χ1n) is 6.56. The molecular weight excluding hydrogens is 299 g/mol. The first kappa shape index (κ1) is 17.6. The predicted octanol–water partition coefficient (Wildman–Crippen LogP) is 5.13. The third kappa shape index (κ3) is 4.28. The standard InChI is InChI=1S/C13H25O3PS2/c1-10(2)15-17(14,16-11(3)4)13(18-6)8-7-12(5)9-19-13/h7,10-11H,8-9H2,1-6H3/t13-/m1/s1. The summed E-state index contributed by atoms with van der Waals surface area (Å²) in [5, 5.41) is 0. The molecule has 1 atom stereocenters. The Labute approximate surface area is 125 Å². The molecule has 1 rings (SSSR count). The van der Waals surface area contributed by atoms with Crippen LogP contribution in [-0.2, 0) is 13.6 Å². The smallest absolute Gasteiger partial charge is 0.304 e. The van der Waals surface area contributed by atoms with Gasteiger partial charge in [0.15, 0.2) is 3.82 Å². The van der Waals surface area contributed by atoms with E-state index in [2.05, 4.69) is 13.0 Å². The molecule has 0 bridgehead atoms. The monoisotopic (exact) mass is 324 g/mol. The van der Waals surface area contributed by atoms with E-state index < -0.39 is 11.4 Å². The van der Waals surface area contributed by atoms with Crippen molar-refractivity contribution >= 4 is 31.1 Å². The summed E-state index contributed by atoms with van der Waals surface area (Å²) < 4.78 is 24.4. The highest BCUT2D eigenvalue weighted by molar-refractivity contribution is 8.25. The van der Waals surface area contributed by atoms with Crippen LogP contribution in [0.3, 0.4) is 0 Å². The van der Waals surface area contributed by atoms with E-state index in [4.69, 9.17) is 9.05 Å². The van der Waals surface area contributed by atoms with Crippen molar-refractivity contribution in [3.8, 4) is 0 Å². The molecule has 0 radical (unpaired) electrons. The number of hydrogen-bond acceptors (Lipinski definition) is 5. The quantitative estimate of drug-likeness (QED) is 0.500. The van der Waals surface area contributed by atoms with Crippen LogP contribution in [0.15, 0.2) is 11.6 Å². The second kappa shape index (κ2) is 7.04. The van der Waals surface area contributed by atoms with Gasteiger partial charge in [-0.25, -0.2) is 0 Å². The molecule has 0 spiro atoms. The van der Waals surface area contributed by atoms with Gasteiger partial charge in [0.1, 0.15) is 0 Å². The lowest BCUT2D eigenvalue weighted by Crippen LogP contribution is -2.28. The fourth-order valence-electron chi connectivity index (χ4n) is 1.83. The Hall–Kier alpha value is 0.590. The molecule has 0 aromatic heterocycles. The van der Waals surface area contributed by atoms with Crippen molar-refractivity contribution in [1.82, 2.24) is 0 Å². The average molecular weight is 324 g/mol. The first-order valence-corrected chi connectivity index (χ1v) is 10.3. The average Bonchev–Trinajstić information content (AvgIpc) is 2.27. The van der Waals surface area contributed by atoms with Crippen LogP contribution in [0.25, 0.3) is 0 Å². The predicted molar refractivity (Wildman–Crippen MR) is 87.1 cm³/mol. The van der Waals surface area contributed by atoms with E-state index in [0.29, 0.717) is 0 Å². The van der Waals surface area contributed by atoms with Crippen molar-refractivity contribution in [2.24, 2.45) is 0 Å². The van der Waals surface area contributed by atoms with Gasteiger partial charge in [-0.3, -0.25) is 4.57 Å². The van der Waals surface area contributed by atoms with Crippen molar-refractivity contribution in [2.75, 3.05) is 12.0 Å². The van der Waals surface area contributed by atoms with Crippen molar-refractivity contribution in [2.45, 2.75) is 57.1 Å². The maximum Gasteiger partial charge on any atom is 0.357 e. The second-order valence-electron chi connectivity index (χ2n) is 5.27. The highest BCUT2D eigenvalue weighted by Gasteiger charge is 2.52. The van der Waals surface area contributed by atoms with Gasteiger partial charge < -0.3 is 9.05 Å². The molecule has 6 heteroatoms. The van der Waals surface area contributed by atoms with Crippen LogP contribution in [0.4, 0.5) is 0 Å². The van der Waals surface area contributed by atoms with E-state index >= 15 is 0 Å². The summed E-state index contributed by atoms with van der Waals surface area (Å²) in [6, 6.07) is 0. The highest BCUT2D eigenvalue weighted by atomic mass is 32.2. The minimum absolute atomic E-state index is 0.110. The van der Waals surface area contributed by atoms with Gasteiger partial charge in [0, 0.05) is 12.2 Å². The number of hydrogen-bond donors (Lipinski definition) is 0. The van der Waals surface area contributed by atoms with Crippen LogP contribution in [0.2, 0.25) is 0 Å². The SMILES string of the molecule is CS[C@]1(P(=O)(OC(C)C)OC(C)C)CC=C(C)CS1. The van der Waals surface area contributed by atoms with Gasteiger partial charge in [-0.05, 0) is 40.9 Å². The molecule has 0 aromatic carbocycles. The van der Waals surface area contributed by atoms with E-state index in [1.54, 1.807) is 23.5 Å². The summed E-state index contributed by atoms with van der Waals surface area (Å²) in [4.78, 5) is 0. The first-order chi connectivity index (χ1) is 8.74. The Bertz CT molecular complexity index is 368. The number of thioether (sulfide) groups is 2. The zero-order valence-corrected chi connectivity index (χ0v) is 15.2. The van der Waals surface area contributed by atoms with Crippen LogP contribution < -0.4 is 0 Å². The molecule has 0 aliphatic carbocycles. The maximum absolute atomic E-state index is 13.3. The van der Waals surface area contributed by atoms with Crippen molar-refractivity contribution in [3.05, 3.63) is 11.6 Å². The molecule has 112 valence electrons. The maximum atomic E-state index is 13.3. The molecule has 0 aromatic rings. The van der Waals surface area contributed by atoms with E-state index in [9.17, 15) is 4.57 Å². The lowest BCUT2D eigenvalue weighted by atomic mass is 10.3. The number of allylic oxidation sites excluding steroid dienone is 1. The normalized spacial score (nSPS) is 24.9. The summed E-state index contributed by atoms with van der Waals surface area (Å²) in [5.41, 5.74) is 1.33. The Morgan fingerprint density at radius 3 is 2.16 bits per heavy atom. The van der Waals surface area contributed by atoms with E-state index in [1.165, 1.54) is 5.57 Å². The molecule has 3 nitrogen and oxygen atoms in total. The molecule has 0 N–H and O–H groups in total. The number of rotatable bonds is 6. The summed E-state index contributed by atoms with van der Waals surface area (Å²) in [6.07, 6.45) is 4.65. The van der Waals surface area contributed by atoms with Crippen molar-refractivity contribution < 1.29 is 13.6 Å². The topological polar surface area (TPSA) is 35.5 Å². The Morgan fingerprint density at radius 1 is 1.32 bits per heavy atom. The van der Waals surface area contributed by atoms with Gasteiger partial charge >= 0.3 is 7.60 Å². The van der Waals surface area contributed by atoms with Crippen LogP contribution in [0, 0.1) is 0 Å². The van der Waals surface area contributed by atoms with Gasteiger partial charge in [0.2, 0.25) is 0 Å². The van der Waals surface area contributed by atoms with E-state index in [-0.39, 0.29) is 12.2 Å². The van der Waals surface area contributed by atoms with Gasteiger partial charge in [-0.2, -0.15) is 0 Å². The molecule has 0 unspecified atom stereocenters. The molecule has 1 heterocycles. The Morgan fingerprint density at radius 2 is 1.84 bits per heavy atom. The van der Waals surface area contributed by atoms with E-state index in [1.807, 2.05) is 34.0 Å². The third-order valence-corrected chi connectivity index (χ3v) is 10.2. The summed E-state index contributed by atoms with van der Waals surface area (Å²) in [6.45, 7) is 9.71. The molecule has 0 saturated carbocycles. The second-order valence-corrected chi connectivity index (χ2v) is 10.7. The van der Waals surface area contributed by atoms with Crippen LogP contribution in [0.5, 0.6) is 0 Å². The van der Waals surface area contributed by atoms with Gasteiger partial charge in [-0.1, -0.05) is 11.6 Å². The van der Waals surface area contributed by atoms with Crippen LogP contribution in [-0.4, -0.2) is 28.0 Å². The largest absolute Gasteiger partial charge is 0.357 e. The zero-order chi connectivity index (χ0) is 14.7. The van der Waals surface area contributed by atoms with Gasteiger partial charge in [0.25, 0.3) is 0 Å². The fourth-order valence-corrected chi connectivity index (χ4v) is 7.54. The Balaban J connectivity index is 3.10. The molecule has 1 aliphatic rings. The van der Waals surface area contributed by atoms with Crippen LogP contribution >= 0.6 is 31.1 Å². The van der Waals surface area contributed by atoms with Crippen molar-refractivity contribution in [3.63, 3.8) is 0 Å². The highest BCUT2D eigenvalue weighted by Crippen LogP contribution is 2.72. The molecule has 0 fully saturated rings. The third-order valence-electron chi connectivity index (χ3n) is 2.67. The minimum Gasteiger partial charge on any atom is -0.304 e. The lowest BCUT2D eigenvalue weighted by Gasteiger charge is -2.40. The van der Waals surface area contributed by atoms with E-state index in [0.717, 1.165) is 12.2 Å². The van der Waals surface area contributed by atoms with Gasteiger partial charge in [-0.15, -0.1) is 23.5 Å². The molecule has 0 amide bonds. The Kier molecular flexibility index (Phi) is 6.53. The summed E-state index contributed by atoms with van der Waals surface area (Å²) >= 11 is 3.28. The summed E-state index contributed by atoms with van der Waals surface area (Å²) in [7, 11) is -3.18.